The van der Waals surface area contributed by atoms with Crippen LogP contribution in [0, 0.1) is 0 Å². The van der Waals surface area contributed by atoms with Crippen LogP contribution in [0.5, 0.6) is 0 Å². The first-order valence-corrected chi connectivity index (χ1v) is 9.32. The van der Waals surface area contributed by atoms with Crippen LogP contribution in [0.25, 0.3) is 0 Å². The maximum absolute atomic E-state index is 12.8. The predicted molar refractivity (Wildman–Crippen MR) is 98.5 cm³/mol. The van der Waals surface area contributed by atoms with E-state index in [2.05, 4.69) is 28.1 Å². The minimum atomic E-state index is 0.189. The van der Waals surface area contributed by atoms with Gasteiger partial charge in [-0.25, -0.2) is 0 Å². The summed E-state index contributed by atoms with van der Waals surface area (Å²) < 4.78 is 0. The summed E-state index contributed by atoms with van der Waals surface area (Å²) in [6.45, 7) is 4.36. The highest BCUT2D eigenvalue weighted by molar-refractivity contribution is 5.94. The molecule has 1 aromatic heterocycles. The molecule has 0 atom stereocenters. The van der Waals surface area contributed by atoms with E-state index in [4.69, 9.17) is 0 Å². The number of carbonyl (C=O) groups excluding carboxylic acids is 1. The van der Waals surface area contributed by atoms with Gasteiger partial charge in [0, 0.05) is 50.7 Å². The van der Waals surface area contributed by atoms with E-state index < -0.39 is 0 Å². The topological polar surface area (TPSA) is 36.4 Å². The van der Waals surface area contributed by atoms with Gasteiger partial charge in [0.25, 0.3) is 5.91 Å². The molecule has 0 spiro atoms. The highest BCUT2D eigenvalue weighted by atomic mass is 16.2. The fraction of sp³-hybridized carbons (Fsp3) is 0.429. The van der Waals surface area contributed by atoms with Crippen molar-refractivity contribution >= 4 is 5.91 Å². The molecule has 0 radical (unpaired) electrons. The number of amides is 1. The Labute approximate surface area is 149 Å². The normalized spacial score (nSPS) is 18.0. The lowest BCUT2D eigenvalue weighted by Gasteiger charge is -2.35. The zero-order valence-corrected chi connectivity index (χ0v) is 14.7. The minimum absolute atomic E-state index is 0.189. The smallest absolute Gasteiger partial charge is 0.253 e. The van der Waals surface area contributed by atoms with Crippen molar-refractivity contribution in [3.63, 3.8) is 0 Å². The zero-order chi connectivity index (χ0) is 17.1. The van der Waals surface area contributed by atoms with Crippen LogP contribution in [-0.4, -0.2) is 46.9 Å². The van der Waals surface area contributed by atoms with Gasteiger partial charge in [-0.2, -0.15) is 0 Å². The standard InChI is InChI=1S/C21H25N3O/c25-21(20-8-7-18-5-1-2-6-19(18)14-20)24-12-10-23(11-13-24)16-17-4-3-9-22-15-17/h3-4,7-9,14-15H,1-2,5-6,10-13,16H2. The molecule has 0 saturated carbocycles. The number of pyridine rings is 1. The maximum atomic E-state index is 12.8. The highest BCUT2D eigenvalue weighted by Crippen LogP contribution is 2.23. The van der Waals surface area contributed by atoms with Gasteiger partial charge >= 0.3 is 0 Å². The molecule has 1 fully saturated rings. The van der Waals surface area contributed by atoms with E-state index >= 15 is 0 Å². The summed E-state index contributed by atoms with van der Waals surface area (Å²) in [5.41, 5.74) is 4.91. The van der Waals surface area contributed by atoms with E-state index in [0.717, 1.165) is 51.1 Å². The van der Waals surface area contributed by atoms with Gasteiger partial charge < -0.3 is 4.90 Å². The maximum Gasteiger partial charge on any atom is 0.253 e. The summed E-state index contributed by atoms with van der Waals surface area (Å²) in [7, 11) is 0. The molecule has 1 amide bonds. The Hall–Kier alpha value is -2.20. The Kier molecular flexibility index (Phi) is 4.79. The Bertz CT molecular complexity index is 736. The third-order valence-electron chi connectivity index (χ3n) is 5.38. The second-order valence-electron chi connectivity index (χ2n) is 7.12. The number of fused-ring (bicyclic) bond motifs is 1. The molecular weight excluding hydrogens is 310 g/mol. The van der Waals surface area contributed by atoms with Gasteiger partial charge in [-0.3, -0.25) is 14.7 Å². The molecule has 0 N–H and O–H groups in total. The summed E-state index contributed by atoms with van der Waals surface area (Å²) in [5, 5.41) is 0. The molecule has 1 aromatic carbocycles. The van der Waals surface area contributed by atoms with Crippen molar-refractivity contribution in [1.29, 1.82) is 0 Å². The van der Waals surface area contributed by atoms with Crippen LogP contribution >= 0.6 is 0 Å². The minimum Gasteiger partial charge on any atom is -0.336 e. The van der Waals surface area contributed by atoms with Crippen LogP contribution in [0.15, 0.2) is 42.7 Å². The monoisotopic (exact) mass is 335 g/mol. The third-order valence-corrected chi connectivity index (χ3v) is 5.38. The van der Waals surface area contributed by atoms with E-state index in [1.807, 2.05) is 23.2 Å². The lowest BCUT2D eigenvalue weighted by Crippen LogP contribution is -2.48. The molecule has 0 unspecified atom stereocenters. The van der Waals surface area contributed by atoms with E-state index in [9.17, 15) is 4.79 Å². The number of aromatic nitrogens is 1. The molecule has 4 nitrogen and oxygen atoms in total. The second-order valence-corrected chi connectivity index (χ2v) is 7.12. The molecule has 1 saturated heterocycles. The van der Waals surface area contributed by atoms with E-state index in [1.165, 1.54) is 29.5 Å². The van der Waals surface area contributed by atoms with Crippen LogP contribution < -0.4 is 0 Å². The van der Waals surface area contributed by atoms with Gasteiger partial charge in [-0.05, 0) is 60.6 Å². The fourth-order valence-electron chi connectivity index (χ4n) is 3.91. The van der Waals surface area contributed by atoms with Crippen LogP contribution in [-0.2, 0) is 19.4 Å². The first-order valence-electron chi connectivity index (χ1n) is 9.32. The molecule has 1 aliphatic carbocycles. The Morgan fingerprint density at radius 3 is 2.56 bits per heavy atom. The molecule has 25 heavy (non-hydrogen) atoms. The van der Waals surface area contributed by atoms with Crippen molar-refractivity contribution in [2.45, 2.75) is 32.2 Å². The van der Waals surface area contributed by atoms with Gasteiger partial charge in [-0.1, -0.05) is 12.1 Å². The van der Waals surface area contributed by atoms with E-state index in [1.54, 1.807) is 6.20 Å². The van der Waals surface area contributed by atoms with Gasteiger partial charge in [0.1, 0.15) is 0 Å². The SMILES string of the molecule is O=C(c1ccc2c(c1)CCCC2)N1CCN(Cc2cccnc2)CC1. The number of piperazine rings is 1. The number of nitrogens with zero attached hydrogens (tertiary/aromatic N) is 3. The van der Waals surface area contributed by atoms with Crippen molar-refractivity contribution in [3.05, 3.63) is 65.0 Å². The van der Waals surface area contributed by atoms with Crippen molar-refractivity contribution in [3.8, 4) is 0 Å². The molecule has 2 aliphatic rings. The number of hydrogen-bond acceptors (Lipinski definition) is 3. The lowest BCUT2D eigenvalue weighted by molar-refractivity contribution is 0.0628. The molecule has 0 bridgehead atoms. The van der Waals surface area contributed by atoms with E-state index in [0.29, 0.717) is 0 Å². The first kappa shape index (κ1) is 16.3. The number of rotatable bonds is 3. The Morgan fingerprint density at radius 2 is 1.80 bits per heavy atom. The molecule has 130 valence electrons. The number of benzene rings is 1. The summed E-state index contributed by atoms with van der Waals surface area (Å²) in [4.78, 5) is 21.4. The van der Waals surface area contributed by atoms with Gasteiger partial charge in [-0.15, -0.1) is 0 Å². The van der Waals surface area contributed by atoms with Crippen LogP contribution in [0.3, 0.4) is 0 Å². The van der Waals surface area contributed by atoms with Crippen molar-refractivity contribution < 1.29 is 4.79 Å². The average molecular weight is 335 g/mol. The molecule has 4 heteroatoms. The third kappa shape index (κ3) is 3.74. The fourth-order valence-corrected chi connectivity index (χ4v) is 3.91. The zero-order valence-electron chi connectivity index (χ0n) is 14.7. The van der Waals surface area contributed by atoms with Gasteiger partial charge in [0.2, 0.25) is 0 Å². The van der Waals surface area contributed by atoms with Crippen molar-refractivity contribution in [2.75, 3.05) is 26.2 Å². The largest absolute Gasteiger partial charge is 0.336 e. The predicted octanol–water partition coefficient (Wildman–Crippen LogP) is 2.92. The van der Waals surface area contributed by atoms with E-state index in [-0.39, 0.29) is 5.91 Å². The quantitative estimate of drug-likeness (QED) is 0.865. The molecule has 4 rings (SSSR count). The highest BCUT2D eigenvalue weighted by Gasteiger charge is 2.23. The number of hydrogen-bond donors (Lipinski definition) is 0. The number of carbonyl (C=O) groups is 1. The van der Waals surface area contributed by atoms with Crippen LogP contribution in [0.1, 0.15) is 39.9 Å². The average Bonchev–Trinajstić information content (AvgIpc) is 2.68. The lowest BCUT2D eigenvalue weighted by atomic mass is 9.90. The van der Waals surface area contributed by atoms with Crippen LogP contribution in [0.2, 0.25) is 0 Å². The summed E-state index contributed by atoms with van der Waals surface area (Å²) in [6, 6.07) is 10.4. The second kappa shape index (κ2) is 7.36. The summed E-state index contributed by atoms with van der Waals surface area (Å²) in [5.74, 6) is 0.189. The molecule has 2 aromatic rings. The van der Waals surface area contributed by atoms with Crippen LogP contribution in [0.4, 0.5) is 0 Å². The molecule has 1 aliphatic heterocycles. The molecular formula is C21H25N3O. The van der Waals surface area contributed by atoms with Gasteiger partial charge in [0.05, 0.1) is 0 Å². The van der Waals surface area contributed by atoms with Crippen molar-refractivity contribution in [1.82, 2.24) is 14.8 Å². The Morgan fingerprint density at radius 1 is 1.00 bits per heavy atom. The van der Waals surface area contributed by atoms with Gasteiger partial charge in [0.15, 0.2) is 0 Å². The Balaban J connectivity index is 1.36. The van der Waals surface area contributed by atoms with Crippen molar-refractivity contribution in [2.24, 2.45) is 0 Å². The molecule has 2 heterocycles. The first-order chi connectivity index (χ1) is 12.3. The summed E-state index contributed by atoms with van der Waals surface area (Å²) >= 11 is 0. The summed E-state index contributed by atoms with van der Waals surface area (Å²) in [6.07, 6.45) is 8.53. The number of aryl methyl sites for hydroxylation is 2.